The Morgan fingerprint density at radius 3 is 2.82 bits per heavy atom. The van der Waals surface area contributed by atoms with Gasteiger partial charge in [-0.25, -0.2) is 9.97 Å². The van der Waals surface area contributed by atoms with Gasteiger partial charge in [0.05, 0.1) is 16.0 Å². The zero-order valence-corrected chi connectivity index (χ0v) is 19.3. The molecule has 34 heavy (non-hydrogen) atoms. The number of fused-ring (bicyclic) bond motifs is 2. The van der Waals surface area contributed by atoms with E-state index < -0.39 is 0 Å². The summed E-state index contributed by atoms with van der Waals surface area (Å²) in [5.74, 6) is 1.28. The number of ether oxygens (including phenoxy) is 3. The normalized spacial score (nSPS) is 11.4. The lowest BCUT2D eigenvalue weighted by atomic mass is 10.0. The van der Waals surface area contributed by atoms with Gasteiger partial charge in [0.15, 0.2) is 17.1 Å². The molecular weight excluding hydrogens is 481 g/mol. The largest absolute Gasteiger partial charge is 0.455 e. The van der Waals surface area contributed by atoms with Gasteiger partial charge < -0.3 is 23.6 Å². The maximum absolute atomic E-state index is 13.2. The molecule has 0 aliphatic rings. The van der Waals surface area contributed by atoms with Gasteiger partial charge in [0.1, 0.15) is 42.0 Å². The predicted molar refractivity (Wildman–Crippen MR) is 127 cm³/mol. The first-order chi connectivity index (χ1) is 16.5. The highest BCUT2D eigenvalue weighted by molar-refractivity contribution is 6.38. The van der Waals surface area contributed by atoms with E-state index in [0.717, 1.165) is 5.39 Å². The highest BCUT2D eigenvalue weighted by Crippen LogP contribution is 2.35. The number of halogens is 2. The maximum Gasteiger partial charge on any atom is 0.196 e. The van der Waals surface area contributed by atoms with Crippen molar-refractivity contribution in [3.05, 3.63) is 82.1 Å². The number of aromatic nitrogens is 3. The lowest BCUT2D eigenvalue weighted by molar-refractivity contribution is -0.0437. The second kappa shape index (κ2) is 9.44. The smallest absolute Gasteiger partial charge is 0.196 e. The summed E-state index contributed by atoms with van der Waals surface area (Å²) in [6, 6.07) is 12.3. The second-order valence-electron chi connectivity index (χ2n) is 7.31. The molecule has 0 spiro atoms. The van der Waals surface area contributed by atoms with Gasteiger partial charge in [-0.05, 0) is 24.3 Å². The Balaban J connectivity index is 1.41. The topological polar surface area (TPSA) is 99.5 Å². The Bertz CT molecular complexity index is 1510. The molecule has 0 fully saturated rings. The molecule has 0 atom stereocenters. The molecule has 0 aliphatic carbocycles. The lowest BCUT2D eigenvalue weighted by Gasteiger charge is -2.09. The standard InChI is InChI=1S/C24H17Cl2N3O5/c1-31-12-32-10-15-7-13-3-2-4-19(22(13)34-15)33-14-5-6-16(18(25)8-14)21(30)17-9-27-24-20(17)23(26)28-11-29-24/h2-9,11H,10,12H2,1H3,(H,27,28,29). The molecule has 1 N–H and O–H groups in total. The first-order valence-corrected chi connectivity index (χ1v) is 10.9. The van der Waals surface area contributed by atoms with Crippen LogP contribution < -0.4 is 4.74 Å². The van der Waals surface area contributed by atoms with Crippen molar-refractivity contribution < 1.29 is 23.4 Å². The highest BCUT2D eigenvalue weighted by Gasteiger charge is 2.20. The number of para-hydroxylation sites is 1. The zero-order valence-electron chi connectivity index (χ0n) is 17.8. The molecule has 10 heteroatoms. The number of carbonyl (C=O) groups is 1. The minimum absolute atomic E-state index is 0.168. The molecule has 0 radical (unpaired) electrons. The van der Waals surface area contributed by atoms with Crippen LogP contribution in [0.15, 0.2) is 59.4 Å². The van der Waals surface area contributed by atoms with E-state index >= 15 is 0 Å². The molecule has 172 valence electrons. The summed E-state index contributed by atoms with van der Waals surface area (Å²) >= 11 is 12.6. The van der Waals surface area contributed by atoms with Crippen LogP contribution in [-0.4, -0.2) is 34.6 Å². The molecule has 0 saturated carbocycles. The summed E-state index contributed by atoms with van der Waals surface area (Å²) in [7, 11) is 1.55. The monoisotopic (exact) mass is 497 g/mol. The summed E-state index contributed by atoms with van der Waals surface area (Å²) in [5.41, 5.74) is 1.67. The summed E-state index contributed by atoms with van der Waals surface area (Å²) in [6.45, 7) is 0.440. The van der Waals surface area contributed by atoms with Crippen molar-refractivity contribution in [3.8, 4) is 11.5 Å². The van der Waals surface area contributed by atoms with Crippen molar-refractivity contribution in [1.82, 2.24) is 15.0 Å². The average molecular weight is 498 g/mol. The van der Waals surface area contributed by atoms with Gasteiger partial charge in [-0.1, -0.05) is 35.3 Å². The van der Waals surface area contributed by atoms with E-state index in [1.165, 1.54) is 6.33 Å². The van der Waals surface area contributed by atoms with Crippen LogP contribution in [0, 0.1) is 0 Å². The van der Waals surface area contributed by atoms with Gasteiger partial charge in [-0.3, -0.25) is 4.79 Å². The highest BCUT2D eigenvalue weighted by atomic mass is 35.5. The molecule has 5 aromatic rings. The number of hydrogen-bond acceptors (Lipinski definition) is 7. The number of H-pyrrole nitrogens is 1. The van der Waals surface area contributed by atoms with Crippen molar-refractivity contribution >= 4 is 51.0 Å². The summed E-state index contributed by atoms with van der Waals surface area (Å²) in [4.78, 5) is 24.1. The van der Waals surface area contributed by atoms with Gasteiger partial charge in [0.25, 0.3) is 0 Å². The molecule has 5 rings (SSSR count). The van der Waals surface area contributed by atoms with E-state index in [4.69, 9.17) is 41.8 Å². The molecule has 0 amide bonds. The van der Waals surface area contributed by atoms with Crippen LogP contribution in [0.4, 0.5) is 0 Å². The van der Waals surface area contributed by atoms with Crippen LogP contribution in [-0.2, 0) is 16.1 Å². The third kappa shape index (κ3) is 4.24. The predicted octanol–water partition coefficient (Wildman–Crippen LogP) is 6.15. The number of nitrogens with zero attached hydrogens (tertiary/aromatic N) is 2. The maximum atomic E-state index is 13.2. The molecule has 0 saturated heterocycles. The van der Waals surface area contributed by atoms with E-state index in [9.17, 15) is 4.79 Å². The van der Waals surface area contributed by atoms with Crippen molar-refractivity contribution in [2.24, 2.45) is 0 Å². The first kappa shape index (κ1) is 22.4. The Labute approximate surface area is 203 Å². The van der Waals surface area contributed by atoms with E-state index in [1.54, 1.807) is 37.6 Å². The van der Waals surface area contributed by atoms with Gasteiger partial charge in [0, 0.05) is 30.3 Å². The van der Waals surface area contributed by atoms with E-state index in [0.29, 0.717) is 45.0 Å². The van der Waals surface area contributed by atoms with Crippen LogP contribution in [0.5, 0.6) is 11.5 Å². The lowest BCUT2D eigenvalue weighted by Crippen LogP contribution is -2.02. The van der Waals surface area contributed by atoms with Gasteiger partial charge >= 0.3 is 0 Å². The molecule has 3 aromatic heterocycles. The number of methoxy groups -OCH3 is 1. The number of hydrogen-bond donors (Lipinski definition) is 1. The van der Waals surface area contributed by atoms with Gasteiger partial charge in [-0.2, -0.15) is 0 Å². The van der Waals surface area contributed by atoms with Gasteiger partial charge in [0.2, 0.25) is 0 Å². The number of benzene rings is 2. The molecule has 3 heterocycles. The molecule has 0 bridgehead atoms. The number of rotatable bonds is 8. The molecule has 0 unspecified atom stereocenters. The Morgan fingerprint density at radius 1 is 1.12 bits per heavy atom. The number of furan rings is 1. The summed E-state index contributed by atoms with van der Waals surface area (Å²) in [6.07, 6.45) is 2.86. The zero-order chi connectivity index (χ0) is 23.7. The second-order valence-corrected chi connectivity index (χ2v) is 8.07. The molecular formula is C24H17Cl2N3O5. The van der Waals surface area contributed by atoms with E-state index in [2.05, 4.69) is 15.0 Å². The van der Waals surface area contributed by atoms with Crippen molar-refractivity contribution in [1.29, 1.82) is 0 Å². The van der Waals surface area contributed by atoms with Crippen LogP contribution in [0.1, 0.15) is 21.7 Å². The fourth-order valence-electron chi connectivity index (χ4n) is 3.59. The third-order valence-corrected chi connectivity index (χ3v) is 5.68. The van der Waals surface area contributed by atoms with Crippen LogP contribution in [0.2, 0.25) is 10.2 Å². The van der Waals surface area contributed by atoms with Crippen molar-refractivity contribution in [3.63, 3.8) is 0 Å². The van der Waals surface area contributed by atoms with Crippen molar-refractivity contribution in [2.75, 3.05) is 13.9 Å². The Hall–Kier alpha value is -3.43. The number of ketones is 1. The minimum atomic E-state index is -0.312. The van der Waals surface area contributed by atoms with Gasteiger partial charge in [-0.15, -0.1) is 0 Å². The number of aromatic amines is 1. The average Bonchev–Trinajstić information content (AvgIpc) is 3.44. The van der Waals surface area contributed by atoms with Crippen LogP contribution in [0.3, 0.4) is 0 Å². The molecule has 2 aromatic carbocycles. The molecule has 0 aliphatic heterocycles. The minimum Gasteiger partial charge on any atom is -0.455 e. The number of carbonyl (C=O) groups excluding carboxylic acids is 1. The van der Waals surface area contributed by atoms with Crippen molar-refractivity contribution in [2.45, 2.75) is 6.61 Å². The fraction of sp³-hybridized carbons (Fsp3) is 0.125. The number of nitrogens with one attached hydrogen (secondary N) is 1. The summed E-state index contributed by atoms with van der Waals surface area (Å²) in [5, 5.41) is 1.72. The van der Waals surface area contributed by atoms with Crippen LogP contribution >= 0.6 is 23.2 Å². The molecule has 8 nitrogen and oxygen atoms in total. The van der Waals surface area contributed by atoms with Crippen LogP contribution in [0.25, 0.3) is 22.0 Å². The SMILES string of the molecule is COCOCc1cc2cccc(Oc3ccc(C(=O)c4c[nH]c5ncnc(Cl)c45)c(Cl)c3)c2o1. The third-order valence-electron chi connectivity index (χ3n) is 5.09. The first-order valence-electron chi connectivity index (χ1n) is 10.1. The fourth-order valence-corrected chi connectivity index (χ4v) is 4.08. The Kier molecular flexibility index (Phi) is 6.21. The Morgan fingerprint density at radius 2 is 2.00 bits per heavy atom. The quantitative estimate of drug-likeness (QED) is 0.118. The summed E-state index contributed by atoms with van der Waals surface area (Å²) < 4.78 is 22.2. The van der Waals surface area contributed by atoms with E-state index in [-0.39, 0.29) is 29.4 Å². The van der Waals surface area contributed by atoms with E-state index in [1.807, 2.05) is 18.2 Å².